The number of piperidine rings is 2. The van der Waals surface area contributed by atoms with Crippen LogP contribution >= 0.6 is 11.3 Å². The van der Waals surface area contributed by atoms with Gasteiger partial charge < -0.3 is 20.2 Å². The fourth-order valence-electron chi connectivity index (χ4n) is 4.43. The van der Waals surface area contributed by atoms with Gasteiger partial charge in [0.25, 0.3) is 12.4 Å². The van der Waals surface area contributed by atoms with Crippen molar-refractivity contribution in [3.05, 3.63) is 40.3 Å². The number of carbonyl (C=O) groups is 3. The number of aromatic nitrogens is 2. The molecular weight excluding hydrogens is 406 g/mol. The van der Waals surface area contributed by atoms with Gasteiger partial charge in [0.05, 0.1) is 28.6 Å². The Morgan fingerprint density at radius 3 is 2.87 bits per heavy atom. The topological polar surface area (TPSA) is 119 Å². The predicted octanol–water partition coefficient (Wildman–Crippen LogP) is 1.41. The van der Waals surface area contributed by atoms with Crippen molar-refractivity contribution >= 4 is 29.6 Å². The van der Waals surface area contributed by atoms with E-state index < -0.39 is 5.41 Å². The normalized spacial score (nSPS) is 23.6. The van der Waals surface area contributed by atoms with Crippen molar-refractivity contribution < 1.29 is 19.5 Å². The molecule has 0 aliphatic carbocycles. The Labute approximate surface area is 179 Å². The molecule has 9 nitrogen and oxygen atoms in total. The van der Waals surface area contributed by atoms with Crippen molar-refractivity contribution in [3.8, 4) is 0 Å². The van der Waals surface area contributed by atoms with Gasteiger partial charge in [0.1, 0.15) is 0 Å². The first-order chi connectivity index (χ1) is 14.5. The quantitative estimate of drug-likeness (QED) is 0.628. The lowest BCUT2D eigenvalue weighted by Gasteiger charge is -2.53. The zero-order valence-electron chi connectivity index (χ0n) is 16.9. The van der Waals surface area contributed by atoms with Crippen molar-refractivity contribution in [1.82, 2.24) is 25.3 Å². The lowest BCUT2D eigenvalue weighted by Crippen LogP contribution is -2.66. The van der Waals surface area contributed by atoms with Crippen molar-refractivity contribution in [2.75, 3.05) is 26.7 Å². The number of carbonyl (C=O) groups excluding carboxylic acids is 2. The molecule has 2 saturated heterocycles. The van der Waals surface area contributed by atoms with Crippen LogP contribution in [0.4, 0.5) is 0 Å². The van der Waals surface area contributed by atoms with E-state index in [1.54, 1.807) is 6.20 Å². The minimum Gasteiger partial charge on any atom is -0.483 e. The SMILES string of the molecule is CN1CC[C@]2(C(=O)NCc3ccn[nH]3)CCCN(C(=O)c3cccs3)[C@H]2C1.O=CO. The fraction of sp³-hybridized carbons (Fsp3) is 0.500. The van der Waals surface area contributed by atoms with Gasteiger partial charge in [-0.05, 0) is 50.4 Å². The molecule has 2 atom stereocenters. The molecule has 2 aliphatic rings. The fourth-order valence-corrected chi connectivity index (χ4v) is 5.10. The Morgan fingerprint density at radius 1 is 1.40 bits per heavy atom. The Morgan fingerprint density at radius 2 is 2.20 bits per heavy atom. The van der Waals surface area contributed by atoms with Gasteiger partial charge in [0.2, 0.25) is 5.91 Å². The standard InChI is InChI=1S/C19H25N5O2S.CH2O2/c1-23-10-7-19(18(26)20-12-14-5-8-21-22-14)6-3-9-24(16(19)13-23)17(25)15-4-2-11-27-15;2-1-3/h2,4-5,8,11,16H,3,6-7,9-10,12-13H2,1H3,(H,20,26)(H,21,22);1H,(H,2,3)/t16-,19+;/m0./s1. The van der Waals surface area contributed by atoms with E-state index in [0.29, 0.717) is 13.1 Å². The van der Waals surface area contributed by atoms with Crippen LogP contribution in [0.5, 0.6) is 0 Å². The summed E-state index contributed by atoms with van der Waals surface area (Å²) >= 11 is 1.46. The summed E-state index contributed by atoms with van der Waals surface area (Å²) < 4.78 is 0. The molecule has 162 valence electrons. The number of likely N-dealkylation sites (tertiary alicyclic amines) is 2. The van der Waals surface area contributed by atoms with E-state index in [1.165, 1.54) is 11.3 Å². The maximum Gasteiger partial charge on any atom is 0.290 e. The van der Waals surface area contributed by atoms with Gasteiger partial charge in [0.15, 0.2) is 0 Å². The first-order valence-corrected chi connectivity index (χ1v) is 10.8. The zero-order valence-corrected chi connectivity index (χ0v) is 17.7. The number of rotatable bonds is 4. The highest BCUT2D eigenvalue weighted by Gasteiger charge is 2.53. The van der Waals surface area contributed by atoms with Crippen LogP contribution in [0.3, 0.4) is 0 Å². The monoisotopic (exact) mass is 433 g/mol. The molecule has 3 N–H and O–H groups in total. The van der Waals surface area contributed by atoms with Crippen LogP contribution in [-0.2, 0) is 16.1 Å². The second kappa shape index (κ2) is 9.86. The van der Waals surface area contributed by atoms with E-state index >= 15 is 0 Å². The van der Waals surface area contributed by atoms with Crippen LogP contribution in [0.1, 0.15) is 34.6 Å². The molecule has 30 heavy (non-hydrogen) atoms. The molecule has 4 rings (SSSR count). The summed E-state index contributed by atoms with van der Waals surface area (Å²) in [5.41, 5.74) is 0.365. The third-order valence-electron chi connectivity index (χ3n) is 5.90. The number of likely N-dealkylation sites (N-methyl/N-ethyl adjacent to an activating group) is 1. The molecule has 2 amide bonds. The predicted molar refractivity (Wildman–Crippen MR) is 112 cm³/mol. The number of carboxylic acid groups (broad SMARTS) is 1. The Bertz CT molecular complexity index is 842. The number of hydrogen-bond donors (Lipinski definition) is 3. The number of thiophene rings is 1. The van der Waals surface area contributed by atoms with Crippen LogP contribution in [0, 0.1) is 5.41 Å². The van der Waals surface area contributed by atoms with E-state index in [2.05, 4.69) is 27.5 Å². The summed E-state index contributed by atoms with van der Waals surface area (Å²) in [6.45, 7) is 2.50. The second-order valence-corrected chi connectivity index (χ2v) is 8.58. The molecule has 0 spiro atoms. The van der Waals surface area contributed by atoms with Crippen LogP contribution < -0.4 is 5.32 Å². The summed E-state index contributed by atoms with van der Waals surface area (Å²) in [7, 11) is 2.06. The van der Waals surface area contributed by atoms with E-state index in [-0.39, 0.29) is 24.3 Å². The average molecular weight is 434 g/mol. The molecule has 0 saturated carbocycles. The third-order valence-corrected chi connectivity index (χ3v) is 6.76. The maximum atomic E-state index is 13.3. The van der Waals surface area contributed by atoms with Gasteiger partial charge in [-0.25, -0.2) is 0 Å². The van der Waals surface area contributed by atoms with Crippen LogP contribution in [0.25, 0.3) is 0 Å². The summed E-state index contributed by atoms with van der Waals surface area (Å²) in [5.74, 6) is 0.106. The lowest BCUT2D eigenvalue weighted by atomic mass is 9.67. The van der Waals surface area contributed by atoms with Gasteiger partial charge in [0, 0.05) is 19.3 Å². The molecule has 0 radical (unpaired) electrons. The number of amides is 2. The van der Waals surface area contributed by atoms with Gasteiger partial charge in [-0.3, -0.25) is 19.5 Å². The Balaban J connectivity index is 0.000000806. The van der Waals surface area contributed by atoms with E-state index in [9.17, 15) is 9.59 Å². The number of aromatic amines is 1. The van der Waals surface area contributed by atoms with Gasteiger partial charge in [-0.15, -0.1) is 11.3 Å². The summed E-state index contributed by atoms with van der Waals surface area (Å²) in [6, 6.07) is 5.53. The van der Waals surface area contributed by atoms with Crippen molar-refractivity contribution in [3.63, 3.8) is 0 Å². The second-order valence-electron chi connectivity index (χ2n) is 7.63. The average Bonchev–Trinajstić information content (AvgIpc) is 3.46. The molecule has 0 unspecified atom stereocenters. The highest BCUT2D eigenvalue weighted by Crippen LogP contribution is 2.43. The Kier molecular flexibility index (Phi) is 7.22. The van der Waals surface area contributed by atoms with Crippen molar-refractivity contribution in [2.45, 2.75) is 31.8 Å². The number of H-pyrrole nitrogens is 1. The van der Waals surface area contributed by atoms with Crippen LogP contribution in [-0.4, -0.2) is 76.1 Å². The zero-order chi connectivity index (χ0) is 21.6. The van der Waals surface area contributed by atoms with E-state index in [0.717, 1.165) is 42.9 Å². The first-order valence-electron chi connectivity index (χ1n) is 9.89. The van der Waals surface area contributed by atoms with E-state index in [1.807, 2.05) is 28.5 Å². The first kappa shape index (κ1) is 22.0. The summed E-state index contributed by atoms with van der Waals surface area (Å²) in [6.07, 6.45) is 4.14. The number of nitrogens with one attached hydrogen (secondary N) is 2. The number of hydrogen-bond acceptors (Lipinski definition) is 6. The lowest BCUT2D eigenvalue weighted by molar-refractivity contribution is -0.142. The van der Waals surface area contributed by atoms with Crippen LogP contribution in [0.2, 0.25) is 0 Å². The Hall–Kier alpha value is -2.72. The number of nitrogens with zero attached hydrogens (tertiary/aromatic N) is 3. The minimum atomic E-state index is -0.516. The largest absolute Gasteiger partial charge is 0.483 e. The highest BCUT2D eigenvalue weighted by molar-refractivity contribution is 7.12. The molecular formula is C20H27N5O4S. The van der Waals surface area contributed by atoms with Crippen molar-refractivity contribution in [2.24, 2.45) is 5.41 Å². The molecule has 0 aromatic carbocycles. The molecule has 2 aromatic rings. The third kappa shape index (κ3) is 4.54. The maximum absolute atomic E-state index is 13.3. The minimum absolute atomic E-state index is 0.0516. The molecule has 0 bridgehead atoms. The van der Waals surface area contributed by atoms with Gasteiger partial charge >= 0.3 is 0 Å². The van der Waals surface area contributed by atoms with Gasteiger partial charge in [-0.1, -0.05) is 6.07 Å². The van der Waals surface area contributed by atoms with E-state index in [4.69, 9.17) is 9.90 Å². The van der Waals surface area contributed by atoms with Crippen LogP contribution in [0.15, 0.2) is 29.8 Å². The molecule has 2 aliphatic heterocycles. The summed E-state index contributed by atoms with van der Waals surface area (Å²) in [5, 5.41) is 18.7. The van der Waals surface area contributed by atoms with Crippen molar-refractivity contribution in [1.29, 1.82) is 0 Å². The smallest absolute Gasteiger partial charge is 0.290 e. The molecule has 10 heteroatoms. The molecule has 2 aromatic heterocycles. The molecule has 4 heterocycles. The van der Waals surface area contributed by atoms with Gasteiger partial charge in [-0.2, -0.15) is 5.10 Å². The molecule has 2 fully saturated rings. The highest BCUT2D eigenvalue weighted by atomic mass is 32.1. The number of fused-ring (bicyclic) bond motifs is 1. The summed E-state index contributed by atoms with van der Waals surface area (Å²) in [4.78, 5) is 39.7.